The van der Waals surface area contributed by atoms with Crippen LogP contribution in [0, 0.1) is 5.41 Å². The van der Waals surface area contributed by atoms with Crippen LogP contribution in [-0.4, -0.2) is 69.6 Å². The van der Waals surface area contributed by atoms with Crippen LogP contribution in [0.1, 0.15) is 68.1 Å². The Kier molecular flexibility index (Phi) is 6.15. The van der Waals surface area contributed by atoms with Crippen LogP contribution in [0.15, 0.2) is 36.7 Å². The van der Waals surface area contributed by atoms with E-state index in [0.29, 0.717) is 24.1 Å². The first-order valence-corrected chi connectivity index (χ1v) is 13.5. The second kappa shape index (κ2) is 9.47. The number of nitrogens with zero attached hydrogens (tertiary/aromatic N) is 4. The molecule has 6 rings (SSSR count). The van der Waals surface area contributed by atoms with Crippen molar-refractivity contribution in [1.82, 2.24) is 20.2 Å². The number of likely N-dealkylation sites (tertiary alicyclic amines) is 1. The van der Waals surface area contributed by atoms with Crippen LogP contribution in [0.25, 0.3) is 11.1 Å². The normalized spacial score (nSPS) is 28.5. The Morgan fingerprint density at radius 3 is 2.36 bits per heavy atom. The lowest BCUT2D eigenvalue weighted by Gasteiger charge is -2.40. The molecule has 0 bridgehead atoms. The molecule has 2 saturated carbocycles. The summed E-state index contributed by atoms with van der Waals surface area (Å²) < 4.78 is 0. The molecule has 2 N–H and O–H groups in total. The Bertz CT molecular complexity index is 1110. The predicted molar refractivity (Wildman–Crippen MR) is 136 cm³/mol. The van der Waals surface area contributed by atoms with Gasteiger partial charge >= 0.3 is 0 Å². The Balaban J connectivity index is 1.11. The number of benzene rings is 1. The first-order chi connectivity index (χ1) is 17.5. The van der Waals surface area contributed by atoms with Crippen molar-refractivity contribution < 1.29 is 14.7 Å². The van der Waals surface area contributed by atoms with Crippen LogP contribution < -0.4 is 10.2 Å². The third-order valence-electron chi connectivity index (χ3n) is 8.54. The van der Waals surface area contributed by atoms with E-state index in [-0.39, 0.29) is 29.4 Å². The van der Waals surface area contributed by atoms with E-state index >= 15 is 0 Å². The highest BCUT2D eigenvalue weighted by atomic mass is 16.3. The SMILES string of the molecule is O=C(NC1CC1)c1ccc(-c2cnc(N3CCC[C@]4(CCN(C5CCC(O)CC5)C4=O)C3)nc2)cc1. The number of carbonyl (C=O) groups is 2. The van der Waals surface area contributed by atoms with Crippen LogP contribution in [0.4, 0.5) is 5.95 Å². The smallest absolute Gasteiger partial charge is 0.251 e. The van der Waals surface area contributed by atoms with Gasteiger partial charge in [0.05, 0.1) is 11.5 Å². The molecule has 36 heavy (non-hydrogen) atoms. The molecule has 190 valence electrons. The minimum Gasteiger partial charge on any atom is -0.393 e. The number of nitrogens with one attached hydrogen (secondary N) is 1. The number of hydrogen-bond acceptors (Lipinski definition) is 6. The van der Waals surface area contributed by atoms with Crippen molar-refractivity contribution in [3.8, 4) is 11.1 Å². The molecule has 2 aliphatic carbocycles. The first kappa shape index (κ1) is 23.4. The molecule has 8 heteroatoms. The van der Waals surface area contributed by atoms with E-state index in [0.717, 1.165) is 82.0 Å². The summed E-state index contributed by atoms with van der Waals surface area (Å²) >= 11 is 0. The number of aliphatic hydroxyl groups excluding tert-OH is 1. The molecule has 2 saturated heterocycles. The fourth-order valence-electron chi connectivity index (χ4n) is 6.19. The summed E-state index contributed by atoms with van der Waals surface area (Å²) in [5.41, 5.74) is 2.20. The van der Waals surface area contributed by atoms with Crippen LogP contribution >= 0.6 is 0 Å². The lowest BCUT2D eigenvalue weighted by atomic mass is 9.78. The molecular formula is C28H35N5O3. The van der Waals surface area contributed by atoms with Crippen molar-refractivity contribution in [1.29, 1.82) is 0 Å². The van der Waals surface area contributed by atoms with Gasteiger partial charge in [-0.15, -0.1) is 0 Å². The molecule has 3 heterocycles. The summed E-state index contributed by atoms with van der Waals surface area (Å²) in [5, 5.41) is 12.9. The zero-order chi connectivity index (χ0) is 24.7. The van der Waals surface area contributed by atoms with Crippen LogP contribution in [-0.2, 0) is 4.79 Å². The third-order valence-corrected chi connectivity index (χ3v) is 8.54. The van der Waals surface area contributed by atoms with Crippen molar-refractivity contribution in [2.75, 3.05) is 24.5 Å². The topological polar surface area (TPSA) is 98.7 Å². The number of carbonyl (C=O) groups excluding carboxylic acids is 2. The van der Waals surface area contributed by atoms with Gasteiger partial charge in [0.2, 0.25) is 11.9 Å². The summed E-state index contributed by atoms with van der Waals surface area (Å²) in [6.45, 7) is 2.35. The van der Waals surface area contributed by atoms with E-state index in [4.69, 9.17) is 0 Å². The molecule has 2 aromatic rings. The minimum atomic E-state index is -0.340. The maximum absolute atomic E-state index is 13.6. The second-order valence-corrected chi connectivity index (χ2v) is 11.1. The second-order valence-electron chi connectivity index (χ2n) is 11.1. The molecule has 1 aromatic heterocycles. The van der Waals surface area contributed by atoms with Gasteiger partial charge < -0.3 is 20.2 Å². The maximum atomic E-state index is 13.6. The third kappa shape index (κ3) is 4.59. The molecule has 0 unspecified atom stereocenters. The average Bonchev–Trinajstić information content (AvgIpc) is 3.68. The molecule has 2 aliphatic heterocycles. The quantitative estimate of drug-likeness (QED) is 0.670. The largest absolute Gasteiger partial charge is 0.393 e. The van der Waals surface area contributed by atoms with Crippen molar-refractivity contribution in [2.45, 2.75) is 76.0 Å². The van der Waals surface area contributed by atoms with Gasteiger partial charge in [0.25, 0.3) is 5.91 Å². The van der Waals surface area contributed by atoms with Crippen LogP contribution in [0.5, 0.6) is 0 Å². The number of aliphatic hydroxyl groups is 1. The van der Waals surface area contributed by atoms with Gasteiger partial charge in [-0.3, -0.25) is 9.59 Å². The molecular weight excluding hydrogens is 454 g/mol. The molecule has 4 aliphatic rings. The Hall–Kier alpha value is -3.00. The predicted octanol–water partition coefficient (Wildman–Crippen LogP) is 3.16. The van der Waals surface area contributed by atoms with Gasteiger partial charge in [-0.2, -0.15) is 0 Å². The van der Waals surface area contributed by atoms with Gasteiger partial charge in [-0.05, 0) is 75.5 Å². The standard InChI is InChI=1S/C28H35N5O3/c34-24-10-8-23(9-11-24)33-15-13-28(26(33)36)12-1-14-32(18-28)27-29-16-21(17-30-27)19-2-4-20(5-3-19)25(35)31-22-6-7-22/h2-5,16-17,22-24,34H,1,6-15,18H2,(H,31,35)/t23?,24?,28-/m0/s1. The average molecular weight is 490 g/mol. The summed E-state index contributed by atoms with van der Waals surface area (Å²) in [5.74, 6) is 0.942. The number of rotatable bonds is 5. The van der Waals surface area contributed by atoms with Gasteiger partial charge in [0.15, 0.2) is 0 Å². The highest BCUT2D eigenvalue weighted by Gasteiger charge is 2.51. The summed E-state index contributed by atoms with van der Waals surface area (Å²) in [6, 6.07) is 8.19. The van der Waals surface area contributed by atoms with E-state index in [1.165, 1.54) is 0 Å². The first-order valence-electron chi connectivity index (χ1n) is 13.5. The van der Waals surface area contributed by atoms with Crippen molar-refractivity contribution in [3.05, 3.63) is 42.2 Å². The Morgan fingerprint density at radius 2 is 1.67 bits per heavy atom. The summed E-state index contributed by atoms with van der Waals surface area (Å²) in [6.07, 6.45) is 11.8. The zero-order valence-corrected chi connectivity index (χ0v) is 20.7. The zero-order valence-electron chi connectivity index (χ0n) is 20.7. The van der Waals surface area contributed by atoms with Crippen molar-refractivity contribution in [3.63, 3.8) is 0 Å². The molecule has 1 atom stereocenters. The Morgan fingerprint density at radius 1 is 0.944 bits per heavy atom. The minimum absolute atomic E-state index is 0.0178. The number of hydrogen-bond donors (Lipinski definition) is 2. The molecule has 2 amide bonds. The van der Waals surface area contributed by atoms with Gasteiger partial charge in [-0.25, -0.2) is 9.97 Å². The number of anilines is 1. The Labute approximate surface area is 212 Å². The van der Waals surface area contributed by atoms with E-state index in [1.807, 2.05) is 36.7 Å². The molecule has 4 fully saturated rings. The van der Waals surface area contributed by atoms with E-state index < -0.39 is 0 Å². The molecule has 1 aromatic carbocycles. The molecule has 8 nitrogen and oxygen atoms in total. The monoisotopic (exact) mass is 489 g/mol. The summed E-state index contributed by atoms with van der Waals surface area (Å²) in [7, 11) is 0. The number of amides is 2. The maximum Gasteiger partial charge on any atom is 0.251 e. The van der Waals surface area contributed by atoms with E-state index in [1.54, 1.807) is 0 Å². The number of aromatic nitrogens is 2. The van der Waals surface area contributed by atoms with E-state index in [9.17, 15) is 14.7 Å². The van der Waals surface area contributed by atoms with Crippen molar-refractivity contribution in [2.24, 2.45) is 5.41 Å². The summed E-state index contributed by atoms with van der Waals surface area (Å²) in [4.78, 5) is 39.4. The van der Waals surface area contributed by atoms with Crippen LogP contribution in [0.3, 0.4) is 0 Å². The number of piperidine rings is 1. The lowest BCUT2D eigenvalue weighted by molar-refractivity contribution is -0.139. The van der Waals surface area contributed by atoms with E-state index in [2.05, 4.69) is 25.1 Å². The lowest BCUT2D eigenvalue weighted by Crippen LogP contribution is -2.50. The van der Waals surface area contributed by atoms with Crippen molar-refractivity contribution >= 4 is 17.8 Å². The highest BCUT2D eigenvalue weighted by Crippen LogP contribution is 2.43. The van der Waals surface area contributed by atoms with Gasteiger partial charge in [0, 0.05) is 55.2 Å². The molecule has 1 spiro atoms. The van der Waals surface area contributed by atoms with Gasteiger partial charge in [-0.1, -0.05) is 12.1 Å². The van der Waals surface area contributed by atoms with Crippen LogP contribution in [0.2, 0.25) is 0 Å². The van der Waals surface area contributed by atoms with Gasteiger partial charge in [0.1, 0.15) is 0 Å². The fourth-order valence-corrected chi connectivity index (χ4v) is 6.19. The fraction of sp³-hybridized carbons (Fsp3) is 0.571. The molecule has 0 radical (unpaired) electrons. The highest BCUT2D eigenvalue weighted by molar-refractivity contribution is 5.95.